The van der Waals surface area contributed by atoms with Crippen LogP contribution in [0.5, 0.6) is 0 Å². The molecule has 0 aliphatic rings. The molecule has 3 nitrogen and oxygen atoms in total. The zero-order valence-electron chi connectivity index (χ0n) is 12.0. The molecule has 0 aromatic rings. The van der Waals surface area contributed by atoms with E-state index >= 15 is 0 Å². The van der Waals surface area contributed by atoms with E-state index in [9.17, 15) is 9.90 Å². The van der Waals surface area contributed by atoms with Crippen LogP contribution in [-0.2, 0) is 4.79 Å². The van der Waals surface area contributed by atoms with Gasteiger partial charge in [0.05, 0.1) is 19.6 Å². The fourth-order valence-corrected chi connectivity index (χ4v) is 2.73. The minimum absolute atomic E-state index is 0.216. The number of carboxylic acids is 1. The van der Waals surface area contributed by atoms with Gasteiger partial charge in [0.1, 0.15) is 0 Å². The van der Waals surface area contributed by atoms with Gasteiger partial charge >= 0.3 is 5.97 Å². The predicted molar refractivity (Wildman–Crippen MR) is 72.1 cm³/mol. The summed E-state index contributed by atoms with van der Waals surface area (Å²) in [6.45, 7) is 11.2. The number of hydrogen-bond acceptors (Lipinski definition) is 1. The molecule has 0 aromatic heterocycles. The third kappa shape index (κ3) is 4.66. The Morgan fingerprint density at radius 2 is 1.53 bits per heavy atom. The average molecular weight is 244 g/mol. The van der Waals surface area contributed by atoms with E-state index in [4.69, 9.17) is 0 Å². The Kier molecular flexibility index (Phi) is 8.23. The molecule has 0 saturated carbocycles. The normalized spacial score (nSPS) is 13.6. The van der Waals surface area contributed by atoms with Crippen molar-refractivity contribution in [3.05, 3.63) is 0 Å². The Morgan fingerprint density at radius 3 is 1.88 bits per heavy atom. The van der Waals surface area contributed by atoms with Gasteiger partial charge in [-0.3, -0.25) is 0 Å². The lowest BCUT2D eigenvalue weighted by Crippen LogP contribution is -2.58. The molecule has 0 heterocycles. The maximum atomic E-state index is 11.5. The summed E-state index contributed by atoms with van der Waals surface area (Å²) < 4.78 is 0.724. The van der Waals surface area contributed by atoms with Crippen molar-refractivity contribution in [3.63, 3.8) is 0 Å². The van der Waals surface area contributed by atoms with Crippen molar-refractivity contribution < 1.29 is 14.4 Å². The molecule has 1 atom stereocenters. The maximum Gasteiger partial charge on any atom is 0.362 e. The van der Waals surface area contributed by atoms with Crippen LogP contribution in [0.15, 0.2) is 0 Å². The van der Waals surface area contributed by atoms with E-state index < -0.39 is 5.97 Å². The predicted octanol–water partition coefficient (Wildman–Crippen LogP) is 3.29. The molecule has 1 unspecified atom stereocenters. The molecule has 0 amide bonds. The van der Waals surface area contributed by atoms with Crippen LogP contribution in [0.25, 0.3) is 0 Å². The van der Waals surface area contributed by atoms with E-state index in [1.807, 2.05) is 0 Å². The molecular formula is C14H30NO2+. The molecule has 0 aliphatic carbocycles. The highest BCUT2D eigenvalue weighted by Crippen LogP contribution is 2.19. The van der Waals surface area contributed by atoms with Crippen LogP contribution < -0.4 is 0 Å². The van der Waals surface area contributed by atoms with Crippen molar-refractivity contribution >= 4 is 5.97 Å². The summed E-state index contributed by atoms with van der Waals surface area (Å²) in [5, 5.41) is 9.44. The van der Waals surface area contributed by atoms with Crippen molar-refractivity contribution in [2.45, 2.75) is 65.8 Å². The van der Waals surface area contributed by atoms with Crippen LogP contribution in [0.1, 0.15) is 59.8 Å². The number of rotatable bonds is 10. The van der Waals surface area contributed by atoms with Gasteiger partial charge in [0.2, 0.25) is 0 Å². The summed E-state index contributed by atoms with van der Waals surface area (Å²) >= 11 is 0. The second kappa shape index (κ2) is 8.51. The van der Waals surface area contributed by atoms with Gasteiger partial charge in [-0.15, -0.1) is 0 Å². The summed E-state index contributed by atoms with van der Waals surface area (Å²) in [4.78, 5) is 11.5. The largest absolute Gasteiger partial charge is 0.477 e. The lowest BCUT2D eigenvalue weighted by Gasteiger charge is -2.40. The van der Waals surface area contributed by atoms with Crippen LogP contribution in [0.3, 0.4) is 0 Å². The van der Waals surface area contributed by atoms with E-state index in [2.05, 4.69) is 27.7 Å². The van der Waals surface area contributed by atoms with Gasteiger partial charge in [-0.1, -0.05) is 26.2 Å². The highest BCUT2D eigenvalue weighted by molar-refractivity contribution is 5.72. The first-order valence-electron chi connectivity index (χ1n) is 7.16. The summed E-state index contributed by atoms with van der Waals surface area (Å²) in [6, 6.07) is -0.216. The van der Waals surface area contributed by atoms with E-state index in [-0.39, 0.29) is 6.04 Å². The van der Waals surface area contributed by atoms with Gasteiger partial charge in [-0.2, -0.15) is 0 Å². The van der Waals surface area contributed by atoms with Crippen LogP contribution in [0.2, 0.25) is 0 Å². The van der Waals surface area contributed by atoms with Gasteiger partial charge in [-0.25, -0.2) is 4.79 Å². The number of likely N-dealkylation sites (N-methyl/N-ethyl adjacent to an activating group) is 1. The maximum absolute atomic E-state index is 11.5. The molecule has 0 aromatic carbocycles. The summed E-state index contributed by atoms with van der Waals surface area (Å²) in [7, 11) is 0. The lowest BCUT2D eigenvalue weighted by atomic mass is 10.0. The first-order valence-corrected chi connectivity index (χ1v) is 7.16. The Morgan fingerprint density at radius 1 is 1.00 bits per heavy atom. The SMILES string of the molecule is CCCCCCC(C(=O)O)[N+](CC)(CC)CC. The van der Waals surface area contributed by atoms with Crippen LogP contribution in [0.4, 0.5) is 0 Å². The van der Waals surface area contributed by atoms with E-state index in [0.29, 0.717) is 0 Å². The van der Waals surface area contributed by atoms with Crippen molar-refractivity contribution in [2.75, 3.05) is 19.6 Å². The molecule has 0 spiro atoms. The van der Waals surface area contributed by atoms with Gasteiger partial charge < -0.3 is 9.59 Å². The van der Waals surface area contributed by atoms with Crippen molar-refractivity contribution in [1.82, 2.24) is 0 Å². The van der Waals surface area contributed by atoms with Crippen LogP contribution >= 0.6 is 0 Å². The monoisotopic (exact) mass is 244 g/mol. The standard InChI is InChI=1S/C14H29NO2/c1-5-9-10-11-12-13(14(16)17)15(6-2,7-3)8-4/h13H,5-12H2,1-4H3/p+1. The second-order valence-corrected chi connectivity index (χ2v) is 4.87. The zero-order chi connectivity index (χ0) is 13.3. The Labute approximate surface area is 106 Å². The molecule has 0 radical (unpaired) electrons. The number of quaternary nitrogens is 1. The lowest BCUT2D eigenvalue weighted by molar-refractivity contribution is -0.939. The quantitative estimate of drug-likeness (QED) is 0.473. The topological polar surface area (TPSA) is 37.3 Å². The molecule has 0 aliphatic heterocycles. The Bertz CT molecular complexity index is 204. The molecule has 1 N–H and O–H groups in total. The summed E-state index contributed by atoms with van der Waals surface area (Å²) in [5.74, 6) is -0.618. The Balaban J connectivity index is 4.53. The van der Waals surface area contributed by atoms with Crippen molar-refractivity contribution in [2.24, 2.45) is 0 Å². The van der Waals surface area contributed by atoms with Gasteiger partial charge in [0.25, 0.3) is 0 Å². The summed E-state index contributed by atoms with van der Waals surface area (Å²) in [5.41, 5.74) is 0. The van der Waals surface area contributed by atoms with E-state index in [0.717, 1.165) is 43.4 Å². The van der Waals surface area contributed by atoms with Crippen molar-refractivity contribution in [1.29, 1.82) is 0 Å². The third-order valence-electron chi connectivity index (χ3n) is 4.17. The number of carboxylic acid groups (broad SMARTS) is 1. The summed E-state index contributed by atoms with van der Waals surface area (Å²) in [6.07, 6.45) is 5.46. The molecule has 102 valence electrons. The Hall–Kier alpha value is -0.570. The van der Waals surface area contributed by atoms with Crippen molar-refractivity contribution in [3.8, 4) is 0 Å². The van der Waals surface area contributed by atoms with Crippen LogP contribution in [-0.4, -0.2) is 41.2 Å². The molecule has 3 heteroatoms. The van der Waals surface area contributed by atoms with E-state index in [1.165, 1.54) is 12.8 Å². The zero-order valence-corrected chi connectivity index (χ0v) is 12.0. The minimum Gasteiger partial charge on any atom is -0.477 e. The van der Waals surface area contributed by atoms with Gasteiger partial charge in [0, 0.05) is 6.42 Å². The number of nitrogens with zero attached hydrogens (tertiary/aromatic N) is 1. The molecule has 0 rings (SSSR count). The average Bonchev–Trinajstić information content (AvgIpc) is 2.34. The minimum atomic E-state index is -0.618. The smallest absolute Gasteiger partial charge is 0.362 e. The number of carbonyl (C=O) groups is 1. The highest BCUT2D eigenvalue weighted by atomic mass is 16.4. The molecule has 0 saturated heterocycles. The molecular weight excluding hydrogens is 214 g/mol. The molecule has 17 heavy (non-hydrogen) atoms. The number of unbranched alkanes of at least 4 members (excludes halogenated alkanes) is 3. The fraction of sp³-hybridized carbons (Fsp3) is 0.929. The third-order valence-corrected chi connectivity index (χ3v) is 4.17. The fourth-order valence-electron chi connectivity index (χ4n) is 2.73. The first-order chi connectivity index (χ1) is 8.07. The molecule has 0 fully saturated rings. The van der Waals surface area contributed by atoms with Crippen LogP contribution in [0, 0.1) is 0 Å². The second-order valence-electron chi connectivity index (χ2n) is 4.87. The number of hydrogen-bond donors (Lipinski definition) is 1. The number of aliphatic carboxylic acids is 1. The highest BCUT2D eigenvalue weighted by Gasteiger charge is 2.37. The van der Waals surface area contributed by atoms with Gasteiger partial charge in [0.15, 0.2) is 6.04 Å². The molecule has 0 bridgehead atoms. The first kappa shape index (κ1) is 16.4. The van der Waals surface area contributed by atoms with E-state index in [1.54, 1.807) is 0 Å². The van der Waals surface area contributed by atoms with Gasteiger partial charge in [-0.05, 0) is 27.2 Å².